The van der Waals surface area contributed by atoms with Crippen LogP contribution in [0.4, 0.5) is 0 Å². The highest BCUT2D eigenvalue weighted by Gasteiger charge is 2.36. The minimum absolute atomic E-state index is 0.00205. The van der Waals surface area contributed by atoms with Crippen molar-refractivity contribution in [2.75, 3.05) is 0 Å². The third-order valence-corrected chi connectivity index (χ3v) is 6.59. The molecular weight excluding hydrogens is 420 g/mol. The Morgan fingerprint density at radius 2 is 1.47 bits per heavy atom. The maximum Gasteiger partial charge on any atom is 0.303 e. The molecular formula is C31H46O3. The van der Waals surface area contributed by atoms with Gasteiger partial charge in [-0.15, -0.1) is 0 Å². The van der Waals surface area contributed by atoms with Crippen molar-refractivity contribution in [2.45, 2.75) is 105 Å². The lowest BCUT2D eigenvalue weighted by Gasteiger charge is -2.42. The number of hydrogen-bond donors (Lipinski definition) is 1. The molecule has 0 aliphatic heterocycles. The summed E-state index contributed by atoms with van der Waals surface area (Å²) in [5.74, 6) is 0.0349. The molecule has 1 aliphatic rings. The molecule has 0 fully saturated rings. The van der Waals surface area contributed by atoms with Gasteiger partial charge in [0.1, 0.15) is 12.4 Å². The minimum atomic E-state index is -0.772. The van der Waals surface area contributed by atoms with Crippen LogP contribution >= 0.6 is 0 Å². The average molecular weight is 467 g/mol. The van der Waals surface area contributed by atoms with Gasteiger partial charge in [0.2, 0.25) is 0 Å². The summed E-state index contributed by atoms with van der Waals surface area (Å²) in [5, 5.41) is 8.94. The number of aliphatic carboxylic acids is 1. The van der Waals surface area contributed by atoms with Gasteiger partial charge >= 0.3 is 5.97 Å². The number of carboxylic acid groups (broad SMARTS) is 1. The second-order valence-corrected chi connectivity index (χ2v) is 10.2. The summed E-state index contributed by atoms with van der Waals surface area (Å²) in [6, 6.07) is 14.6. The second-order valence-electron chi connectivity index (χ2n) is 10.2. The molecule has 3 heteroatoms. The van der Waals surface area contributed by atoms with Gasteiger partial charge < -0.3 is 9.84 Å². The van der Waals surface area contributed by atoms with Crippen LogP contribution in [0.2, 0.25) is 0 Å². The first-order valence-corrected chi connectivity index (χ1v) is 12.7. The van der Waals surface area contributed by atoms with Gasteiger partial charge in [0.15, 0.2) is 0 Å². The number of carboxylic acids is 1. The van der Waals surface area contributed by atoms with E-state index in [0.717, 1.165) is 11.3 Å². The fraction of sp³-hybridized carbons (Fsp3) is 0.516. The van der Waals surface area contributed by atoms with Crippen LogP contribution in [0.25, 0.3) is 0 Å². The van der Waals surface area contributed by atoms with Gasteiger partial charge in [-0.1, -0.05) is 91.0 Å². The molecule has 0 bridgehead atoms. The highest BCUT2D eigenvalue weighted by molar-refractivity contribution is 5.68. The molecule has 1 N–H and O–H groups in total. The maximum absolute atomic E-state index is 10.9. The molecule has 0 saturated carbocycles. The predicted molar refractivity (Wildman–Crippen MR) is 145 cm³/mol. The quantitative estimate of drug-likeness (QED) is 0.433. The molecule has 2 aromatic carbocycles. The lowest BCUT2D eigenvalue weighted by molar-refractivity contribution is -0.137. The summed E-state index contributed by atoms with van der Waals surface area (Å²) in [7, 11) is 0. The molecule has 3 nitrogen and oxygen atoms in total. The van der Waals surface area contributed by atoms with Crippen molar-refractivity contribution >= 4 is 5.97 Å². The molecule has 0 unspecified atom stereocenters. The lowest BCUT2D eigenvalue weighted by Crippen LogP contribution is -2.33. The van der Waals surface area contributed by atoms with E-state index in [9.17, 15) is 4.79 Å². The van der Waals surface area contributed by atoms with E-state index in [1.807, 2.05) is 71.0 Å². The topological polar surface area (TPSA) is 46.5 Å². The Labute approximate surface area is 208 Å². The maximum atomic E-state index is 10.9. The summed E-state index contributed by atoms with van der Waals surface area (Å²) in [6.07, 6.45) is 6.56. The van der Waals surface area contributed by atoms with Gasteiger partial charge in [-0.25, -0.2) is 0 Å². The average Bonchev–Trinajstić information content (AvgIpc) is 2.82. The van der Waals surface area contributed by atoms with Crippen molar-refractivity contribution in [3.8, 4) is 5.75 Å². The van der Waals surface area contributed by atoms with Gasteiger partial charge in [0.25, 0.3) is 0 Å². The van der Waals surface area contributed by atoms with Gasteiger partial charge in [0.05, 0.1) is 6.42 Å². The van der Waals surface area contributed by atoms with Crippen molar-refractivity contribution < 1.29 is 14.6 Å². The van der Waals surface area contributed by atoms with E-state index >= 15 is 0 Å². The van der Waals surface area contributed by atoms with E-state index in [-0.39, 0.29) is 23.2 Å². The second kappa shape index (κ2) is 13.4. The SMILES string of the molecule is C/C=C\C.CC.C[C@H](CC(=O)O)c1ccc(OCc2ccc3c(c2)C(C)(C)CCC3(C)C)cc1. The summed E-state index contributed by atoms with van der Waals surface area (Å²) >= 11 is 0. The molecule has 34 heavy (non-hydrogen) atoms. The lowest BCUT2D eigenvalue weighted by atomic mass is 9.63. The summed E-state index contributed by atoms with van der Waals surface area (Å²) in [6.45, 7) is 19.8. The third kappa shape index (κ3) is 8.34. The van der Waals surface area contributed by atoms with E-state index in [2.05, 4.69) is 45.9 Å². The number of benzene rings is 2. The standard InChI is InChI=1S/C25H32O3.C4H8.C2H6/c1-17(14-23(26)27)19-7-9-20(10-8-19)28-16-18-6-11-21-22(15-18)25(4,5)13-12-24(21,2)3;1-3-4-2;1-2/h6-11,15,17H,12-14,16H2,1-5H3,(H,26,27);3-4H,1-2H3;1-2H3/b;4-3-;/t17-;;/m1../s1. The molecule has 1 aliphatic carbocycles. The first-order valence-electron chi connectivity index (χ1n) is 12.7. The molecule has 1 atom stereocenters. The van der Waals surface area contributed by atoms with E-state index in [4.69, 9.17) is 9.84 Å². The number of ether oxygens (including phenoxy) is 1. The number of carbonyl (C=O) groups is 1. The molecule has 0 radical (unpaired) electrons. The van der Waals surface area contributed by atoms with Crippen LogP contribution in [-0.4, -0.2) is 11.1 Å². The van der Waals surface area contributed by atoms with Crippen molar-refractivity contribution in [3.05, 3.63) is 76.9 Å². The van der Waals surface area contributed by atoms with Crippen molar-refractivity contribution in [1.29, 1.82) is 0 Å². The summed E-state index contributed by atoms with van der Waals surface area (Å²) in [4.78, 5) is 10.9. The smallest absolute Gasteiger partial charge is 0.303 e. The molecule has 188 valence electrons. The number of hydrogen-bond acceptors (Lipinski definition) is 2. The molecule has 0 amide bonds. The number of fused-ring (bicyclic) bond motifs is 1. The van der Waals surface area contributed by atoms with Crippen LogP contribution < -0.4 is 4.74 Å². The van der Waals surface area contributed by atoms with E-state index in [1.54, 1.807) is 0 Å². The Kier molecular flexibility index (Phi) is 11.6. The monoisotopic (exact) mass is 466 g/mol. The number of allylic oxidation sites excluding steroid dienone is 2. The zero-order chi connectivity index (χ0) is 25.9. The Hall–Kier alpha value is -2.55. The Morgan fingerprint density at radius 3 is 1.97 bits per heavy atom. The zero-order valence-corrected chi connectivity index (χ0v) is 22.9. The first kappa shape index (κ1) is 29.5. The van der Waals surface area contributed by atoms with E-state index in [0.29, 0.717) is 6.61 Å². The van der Waals surface area contributed by atoms with Crippen molar-refractivity contribution in [2.24, 2.45) is 0 Å². The van der Waals surface area contributed by atoms with Gasteiger partial charge in [-0.2, -0.15) is 0 Å². The fourth-order valence-electron chi connectivity index (χ4n) is 4.16. The molecule has 3 rings (SSSR count). The third-order valence-electron chi connectivity index (χ3n) is 6.59. The van der Waals surface area contributed by atoms with Gasteiger partial charge in [-0.3, -0.25) is 4.79 Å². The van der Waals surface area contributed by atoms with Crippen molar-refractivity contribution in [3.63, 3.8) is 0 Å². The summed E-state index contributed by atoms with van der Waals surface area (Å²) < 4.78 is 6.00. The van der Waals surface area contributed by atoms with E-state index < -0.39 is 5.97 Å². The van der Waals surface area contributed by atoms with E-state index in [1.165, 1.54) is 29.5 Å². The molecule has 0 aromatic heterocycles. The molecule has 0 saturated heterocycles. The van der Waals surface area contributed by atoms with Crippen LogP contribution in [0, 0.1) is 0 Å². The predicted octanol–water partition coefficient (Wildman–Crippen LogP) is 8.80. The molecule has 2 aromatic rings. The van der Waals surface area contributed by atoms with Gasteiger partial charge in [-0.05, 0) is 77.8 Å². The van der Waals surface area contributed by atoms with Crippen LogP contribution in [-0.2, 0) is 22.2 Å². The summed E-state index contributed by atoms with van der Waals surface area (Å²) in [5.41, 5.74) is 5.54. The Morgan fingerprint density at radius 1 is 0.941 bits per heavy atom. The molecule has 0 heterocycles. The highest BCUT2D eigenvalue weighted by atomic mass is 16.5. The first-order chi connectivity index (χ1) is 16.0. The van der Waals surface area contributed by atoms with Crippen LogP contribution in [0.1, 0.15) is 110 Å². The Balaban J connectivity index is 0.000000872. The highest BCUT2D eigenvalue weighted by Crippen LogP contribution is 2.45. The van der Waals surface area contributed by atoms with Crippen LogP contribution in [0.3, 0.4) is 0 Å². The van der Waals surface area contributed by atoms with Crippen molar-refractivity contribution in [1.82, 2.24) is 0 Å². The van der Waals surface area contributed by atoms with Crippen LogP contribution in [0.15, 0.2) is 54.6 Å². The number of rotatable bonds is 6. The van der Waals surface area contributed by atoms with Gasteiger partial charge in [0, 0.05) is 0 Å². The fourth-order valence-corrected chi connectivity index (χ4v) is 4.16. The Bertz CT molecular complexity index is 916. The van der Waals surface area contributed by atoms with Crippen LogP contribution in [0.5, 0.6) is 5.75 Å². The molecule has 0 spiro atoms. The largest absolute Gasteiger partial charge is 0.489 e. The normalized spacial score (nSPS) is 16.3. The zero-order valence-electron chi connectivity index (χ0n) is 22.9. The minimum Gasteiger partial charge on any atom is -0.489 e.